The molecule has 0 bridgehead atoms. The number of nitrogens with zero attached hydrogens (tertiary/aromatic N) is 7. The number of halogens is 1. The largest absolute Gasteiger partial charge is 0.486 e. The van der Waals surface area contributed by atoms with Gasteiger partial charge in [0.15, 0.2) is 12.0 Å². The SMILES string of the molecule is C.C[C@H](O)C(=O)N1CC[C@H](Oc2ccc(-c3ncnc(Nc4ccc(N5CCN(C6COC6)CC5)cc4)n3)cc2C#N)[C@H](F)C1. The van der Waals surface area contributed by atoms with Gasteiger partial charge in [-0.25, -0.2) is 14.4 Å². The summed E-state index contributed by atoms with van der Waals surface area (Å²) in [5, 5.41) is 22.5. The maximum Gasteiger partial charge on any atom is 0.251 e. The van der Waals surface area contributed by atoms with Gasteiger partial charge in [0.1, 0.15) is 30.4 Å². The third kappa shape index (κ3) is 7.30. The molecule has 1 amide bonds. The minimum absolute atomic E-state index is 0. The van der Waals surface area contributed by atoms with Crippen LogP contribution in [0.2, 0.25) is 0 Å². The summed E-state index contributed by atoms with van der Waals surface area (Å²) in [4.78, 5) is 31.3. The summed E-state index contributed by atoms with van der Waals surface area (Å²) in [5.41, 5.74) is 2.79. The first-order chi connectivity index (χ1) is 21.4. The number of benzene rings is 2. The van der Waals surface area contributed by atoms with Crippen molar-refractivity contribution in [3.63, 3.8) is 0 Å². The highest BCUT2D eigenvalue weighted by molar-refractivity contribution is 5.80. The number of nitrogens with one attached hydrogen (secondary N) is 1. The maximum atomic E-state index is 14.9. The molecule has 12 nitrogen and oxygen atoms in total. The van der Waals surface area contributed by atoms with Gasteiger partial charge in [-0.2, -0.15) is 10.2 Å². The van der Waals surface area contributed by atoms with Crippen molar-refractivity contribution in [2.24, 2.45) is 0 Å². The van der Waals surface area contributed by atoms with Gasteiger partial charge in [-0.05, 0) is 49.4 Å². The Bertz CT molecular complexity index is 1510. The number of aliphatic hydroxyl groups excluding tert-OH is 1. The van der Waals surface area contributed by atoms with Crippen molar-refractivity contribution in [2.45, 2.75) is 45.2 Å². The second-order valence-electron chi connectivity index (χ2n) is 11.3. The zero-order valence-corrected chi connectivity index (χ0v) is 24.5. The van der Waals surface area contributed by atoms with Gasteiger partial charge in [-0.3, -0.25) is 9.69 Å². The number of carbonyl (C=O) groups excluding carboxylic acids is 1. The first-order valence-corrected chi connectivity index (χ1v) is 14.8. The topological polar surface area (TPSA) is 140 Å². The van der Waals surface area contributed by atoms with Crippen LogP contribution in [-0.4, -0.2) is 113 Å². The fourth-order valence-electron chi connectivity index (χ4n) is 5.66. The van der Waals surface area contributed by atoms with Gasteiger partial charge in [-0.1, -0.05) is 7.43 Å². The molecule has 3 aliphatic rings. The van der Waals surface area contributed by atoms with Gasteiger partial charge in [0.2, 0.25) is 5.95 Å². The number of carbonyl (C=O) groups is 1. The Labute approximate surface area is 262 Å². The highest BCUT2D eigenvalue weighted by atomic mass is 19.1. The van der Waals surface area contributed by atoms with Crippen LogP contribution in [0, 0.1) is 11.3 Å². The monoisotopic (exact) mass is 618 g/mol. The van der Waals surface area contributed by atoms with E-state index in [4.69, 9.17) is 9.47 Å². The minimum atomic E-state index is -1.46. The zero-order valence-electron chi connectivity index (χ0n) is 24.5. The van der Waals surface area contributed by atoms with Gasteiger partial charge in [0.05, 0.1) is 31.4 Å². The molecule has 3 fully saturated rings. The number of piperidine rings is 1. The Morgan fingerprint density at radius 3 is 2.53 bits per heavy atom. The minimum Gasteiger partial charge on any atom is -0.486 e. The number of alkyl halides is 1. The van der Waals surface area contributed by atoms with Crippen molar-refractivity contribution in [2.75, 3.05) is 62.7 Å². The molecule has 0 radical (unpaired) electrons. The van der Waals surface area contributed by atoms with Crippen molar-refractivity contribution >= 4 is 23.2 Å². The molecule has 2 aromatic carbocycles. The highest BCUT2D eigenvalue weighted by Crippen LogP contribution is 2.29. The molecule has 2 N–H and O–H groups in total. The molecular weight excluding hydrogens is 579 g/mol. The molecule has 238 valence electrons. The number of aromatic nitrogens is 3. The molecule has 13 heteroatoms. The number of piperazine rings is 1. The normalized spacial score (nSPS) is 21.2. The Kier molecular flexibility index (Phi) is 10.1. The quantitative estimate of drug-likeness (QED) is 0.385. The fraction of sp³-hybridized carbons (Fsp3) is 0.469. The molecule has 4 heterocycles. The van der Waals surface area contributed by atoms with E-state index in [1.165, 1.54) is 23.8 Å². The van der Waals surface area contributed by atoms with Gasteiger partial charge < -0.3 is 29.7 Å². The number of hydrogen-bond donors (Lipinski definition) is 2. The van der Waals surface area contributed by atoms with E-state index in [0.29, 0.717) is 23.4 Å². The first-order valence-electron chi connectivity index (χ1n) is 14.8. The van der Waals surface area contributed by atoms with Crippen LogP contribution in [0.15, 0.2) is 48.8 Å². The number of nitriles is 1. The second kappa shape index (κ2) is 14.2. The van der Waals surface area contributed by atoms with E-state index in [2.05, 4.69) is 48.3 Å². The lowest BCUT2D eigenvalue weighted by atomic mass is 10.0. The van der Waals surface area contributed by atoms with E-state index in [1.807, 2.05) is 12.1 Å². The molecule has 3 saturated heterocycles. The molecule has 1 aromatic heterocycles. The molecule has 3 aliphatic heterocycles. The van der Waals surface area contributed by atoms with Gasteiger partial charge in [0, 0.05) is 56.1 Å². The predicted octanol–water partition coefficient (Wildman–Crippen LogP) is 3.01. The zero-order chi connectivity index (χ0) is 30.6. The van der Waals surface area contributed by atoms with Crippen LogP contribution in [0.5, 0.6) is 5.75 Å². The molecular formula is C32H39FN8O4. The third-order valence-electron chi connectivity index (χ3n) is 8.30. The van der Waals surface area contributed by atoms with Crippen LogP contribution in [-0.2, 0) is 9.53 Å². The fourth-order valence-corrected chi connectivity index (χ4v) is 5.66. The standard InChI is InChI=1S/C31H35FN8O4.CH4/c1-20(41)30(42)40-9-8-28(26(32)16-40)44-27-7-2-21(14-22(27)15-33)29-34-19-35-31(37-29)36-23-3-5-24(6-4-23)38-10-12-39(13-11-38)25-17-43-18-25;/h2-7,14,19-20,25-26,28,41H,8-13,16-18H2,1H3,(H,34,35,36,37);1H4/t20-,26+,28-;/m0./s1. The molecule has 3 aromatic rings. The molecule has 0 spiro atoms. The number of hydrogen-bond acceptors (Lipinski definition) is 11. The van der Waals surface area contributed by atoms with Gasteiger partial charge in [0.25, 0.3) is 5.91 Å². The summed E-state index contributed by atoms with van der Waals surface area (Å²) in [5.74, 6) is 0.452. The third-order valence-corrected chi connectivity index (χ3v) is 8.30. The molecule has 45 heavy (non-hydrogen) atoms. The van der Waals surface area contributed by atoms with E-state index in [9.17, 15) is 19.6 Å². The van der Waals surface area contributed by atoms with Crippen molar-refractivity contribution in [3.8, 4) is 23.2 Å². The van der Waals surface area contributed by atoms with Crippen molar-refractivity contribution < 1.29 is 23.8 Å². The number of amides is 1. The summed E-state index contributed by atoms with van der Waals surface area (Å²) in [6.07, 6.45) is -1.83. The van der Waals surface area contributed by atoms with E-state index < -0.39 is 24.3 Å². The summed E-state index contributed by atoms with van der Waals surface area (Å²) < 4.78 is 26.1. The van der Waals surface area contributed by atoms with Crippen LogP contribution in [0.3, 0.4) is 0 Å². The van der Waals surface area contributed by atoms with E-state index in [0.717, 1.165) is 45.1 Å². The Hall–Kier alpha value is -4.38. The van der Waals surface area contributed by atoms with E-state index >= 15 is 0 Å². The van der Waals surface area contributed by atoms with E-state index in [1.54, 1.807) is 18.2 Å². The number of rotatable bonds is 8. The Morgan fingerprint density at radius 1 is 1.13 bits per heavy atom. The summed E-state index contributed by atoms with van der Waals surface area (Å²) in [6.45, 7) is 7.15. The summed E-state index contributed by atoms with van der Waals surface area (Å²) >= 11 is 0. The van der Waals surface area contributed by atoms with Crippen LogP contribution in [0.25, 0.3) is 11.4 Å². The van der Waals surface area contributed by atoms with Crippen molar-refractivity contribution in [3.05, 3.63) is 54.4 Å². The lowest BCUT2D eigenvalue weighted by Crippen LogP contribution is -2.56. The van der Waals surface area contributed by atoms with Crippen molar-refractivity contribution in [1.82, 2.24) is 24.8 Å². The molecule has 0 aliphatic carbocycles. The van der Waals surface area contributed by atoms with Crippen LogP contribution in [0.1, 0.15) is 26.3 Å². The van der Waals surface area contributed by atoms with Crippen LogP contribution < -0.4 is 15.0 Å². The van der Waals surface area contributed by atoms with Crippen molar-refractivity contribution in [1.29, 1.82) is 5.26 Å². The predicted molar refractivity (Wildman–Crippen MR) is 167 cm³/mol. The van der Waals surface area contributed by atoms with E-state index in [-0.39, 0.29) is 38.2 Å². The first kappa shape index (κ1) is 32.0. The number of anilines is 3. The van der Waals surface area contributed by atoms with Crippen LogP contribution >= 0.6 is 0 Å². The second-order valence-corrected chi connectivity index (χ2v) is 11.3. The average molecular weight is 619 g/mol. The highest BCUT2D eigenvalue weighted by Gasteiger charge is 2.34. The Balaban J connectivity index is 0.00000400. The lowest BCUT2D eigenvalue weighted by molar-refractivity contribution is -0.143. The number of likely N-dealkylation sites (tertiary alicyclic amines) is 1. The smallest absolute Gasteiger partial charge is 0.251 e. The number of aliphatic hydroxyl groups is 1. The molecule has 6 rings (SSSR count). The maximum absolute atomic E-state index is 14.9. The lowest BCUT2D eigenvalue weighted by Gasteiger charge is -2.43. The Morgan fingerprint density at radius 2 is 1.89 bits per heavy atom. The number of ether oxygens (including phenoxy) is 2. The molecule has 3 atom stereocenters. The van der Waals surface area contributed by atoms with Crippen LogP contribution in [0.4, 0.5) is 21.7 Å². The summed E-state index contributed by atoms with van der Waals surface area (Å²) in [6, 6.07) is 15.7. The molecule has 0 unspecified atom stereocenters. The average Bonchev–Trinajstić information content (AvgIpc) is 3.02. The molecule has 0 saturated carbocycles. The van der Waals surface area contributed by atoms with Gasteiger partial charge >= 0.3 is 0 Å². The van der Waals surface area contributed by atoms with Gasteiger partial charge in [-0.15, -0.1) is 0 Å². The summed E-state index contributed by atoms with van der Waals surface area (Å²) in [7, 11) is 0.